The first-order valence-electron chi connectivity index (χ1n) is 10.5. The van der Waals surface area contributed by atoms with E-state index in [0.29, 0.717) is 18.1 Å². The number of hydrogen-bond acceptors (Lipinski definition) is 4. The Hall–Kier alpha value is -2.05. The van der Waals surface area contributed by atoms with Crippen LogP contribution in [0.3, 0.4) is 0 Å². The largest absolute Gasteiger partial charge is 0.326 e. The highest BCUT2D eigenvalue weighted by molar-refractivity contribution is 5.65. The van der Waals surface area contributed by atoms with E-state index in [9.17, 15) is 9.18 Å². The predicted molar refractivity (Wildman–Crippen MR) is 111 cm³/mol. The summed E-state index contributed by atoms with van der Waals surface area (Å²) in [5.74, 6) is -0.214. The number of hydrogen-bond donors (Lipinski definition) is 0. The molecular formula is C23H31FN4O. The number of nitrogens with zero attached hydrogens (tertiary/aromatic N) is 4. The summed E-state index contributed by atoms with van der Waals surface area (Å²) >= 11 is 0. The molecule has 1 saturated carbocycles. The first kappa shape index (κ1) is 20.2. The molecule has 0 bridgehead atoms. The monoisotopic (exact) mass is 398 g/mol. The van der Waals surface area contributed by atoms with Gasteiger partial charge >= 0.3 is 0 Å². The van der Waals surface area contributed by atoms with Gasteiger partial charge in [0.15, 0.2) is 0 Å². The SMILES string of the molecule is CC1CN(Cc2cncn2[C@H](C)c2ccc(F)cc2)CC(C)N1C1CC1(C)C=O. The molecule has 5 nitrogen and oxygen atoms in total. The Kier molecular flexibility index (Phi) is 5.34. The molecule has 0 amide bonds. The van der Waals surface area contributed by atoms with Crippen LogP contribution in [0.15, 0.2) is 36.8 Å². The fraction of sp³-hybridized carbons (Fsp3) is 0.565. The zero-order chi connectivity index (χ0) is 20.8. The van der Waals surface area contributed by atoms with Gasteiger partial charge in [-0.1, -0.05) is 19.1 Å². The molecule has 4 unspecified atom stereocenters. The molecular weight excluding hydrogens is 367 g/mol. The lowest BCUT2D eigenvalue weighted by Gasteiger charge is -2.45. The van der Waals surface area contributed by atoms with Crippen molar-refractivity contribution in [3.63, 3.8) is 0 Å². The van der Waals surface area contributed by atoms with Crippen LogP contribution >= 0.6 is 0 Å². The Labute approximate surface area is 172 Å². The number of rotatable bonds is 6. The van der Waals surface area contributed by atoms with E-state index in [1.54, 1.807) is 0 Å². The molecule has 1 saturated heterocycles. The van der Waals surface area contributed by atoms with E-state index in [2.05, 4.69) is 47.0 Å². The summed E-state index contributed by atoms with van der Waals surface area (Å²) < 4.78 is 15.4. The number of benzene rings is 1. The number of imidazole rings is 1. The third-order valence-corrected chi connectivity index (χ3v) is 6.83. The fourth-order valence-corrected chi connectivity index (χ4v) is 5.05. The van der Waals surface area contributed by atoms with Gasteiger partial charge < -0.3 is 9.36 Å². The Balaban J connectivity index is 1.44. The first-order chi connectivity index (χ1) is 13.8. The Morgan fingerprint density at radius 2 is 1.90 bits per heavy atom. The van der Waals surface area contributed by atoms with E-state index < -0.39 is 0 Å². The quantitative estimate of drug-likeness (QED) is 0.699. The van der Waals surface area contributed by atoms with Crippen LogP contribution in [-0.2, 0) is 11.3 Å². The zero-order valence-corrected chi connectivity index (χ0v) is 17.8. The Bertz CT molecular complexity index is 854. The maximum absolute atomic E-state index is 13.3. The number of carbonyl (C=O) groups is 1. The molecule has 1 aromatic heterocycles. The Morgan fingerprint density at radius 1 is 1.24 bits per heavy atom. The molecule has 4 rings (SSSR count). The van der Waals surface area contributed by atoms with E-state index >= 15 is 0 Å². The maximum atomic E-state index is 13.3. The van der Waals surface area contributed by atoms with Crippen molar-refractivity contribution in [2.24, 2.45) is 5.41 Å². The number of carbonyl (C=O) groups excluding carboxylic acids is 1. The standard InChI is InChI=1S/C23H31FN4O/c1-16-11-26(12-17(2)28(16)22-9-23(22,4)14-29)13-21-10-25-15-27(21)18(3)19-5-7-20(24)8-6-19/h5-8,10,14-18,22H,9,11-13H2,1-4H3/t16?,17?,18-,22?,23?/m1/s1. The average Bonchev–Trinajstić information content (AvgIpc) is 3.13. The second kappa shape index (κ2) is 7.65. The molecule has 0 radical (unpaired) electrons. The second-order valence-corrected chi connectivity index (χ2v) is 9.20. The smallest absolute Gasteiger partial charge is 0.127 e. The normalized spacial score (nSPS) is 31.6. The van der Waals surface area contributed by atoms with E-state index in [-0.39, 0.29) is 17.3 Å². The highest BCUT2D eigenvalue weighted by Crippen LogP contribution is 2.49. The lowest BCUT2D eigenvalue weighted by Crippen LogP contribution is -2.57. The third kappa shape index (κ3) is 3.88. The van der Waals surface area contributed by atoms with Gasteiger partial charge in [-0.15, -0.1) is 0 Å². The summed E-state index contributed by atoms with van der Waals surface area (Å²) in [7, 11) is 0. The van der Waals surface area contributed by atoms with Gasteiger partial charge in [-0.25, -0.2) is 9.37 Å². The minimum absolute atomic E-state index is 0.101. The first-order valence-corrected chi connectivity index (χ1v) is 10.5. The predicted octanol–water partition coefficient (Wildman–Crippen LogP) is 3.50. The van der Waals surface area contributed by atoms with Crippen LogP contribution < -0.4 is 0 Å². The van der Waals surface area contributed by atoms with E-state index in [1.807, 2.05) is 24.7 Å². The molecule has 2 fully saturated rings. The van der Waals surface area contributed by atoms with Crippen molar-refractivity contribution in [3.05, 3.63) is 53.9 Å². The van der Waals surface area contributed by atoms with Gasteiger partial charge in [0.25, 0.3) is 0 Å². The fourth-order valence-electron chi connectivity index (χ4n) is 5.05. The van der Waals surface area contributed by atoms with E-state index in [0.717, 1.165) is 37.9 Å². The molecule has 5 atom stereocenters. The van der Waals surface area contributed by atoms with Crippen LogP contribution in [0, 0.1) is 11.2 Å². The van der Waals surface area contributed by atoms with Crippen molar-refractivity contribution in [3.8, 4) is 0 Å². The lowest BCUT2D eigenvalue weighted by molar-refractivity contribution is -0.112. The third-order valence-electron chi connectivity index (χ3n) is 6.83. The minimum atomic E-state index is -0.214. The summed E-state index contributed by atoms with van der Waals surface area (Å²) in [6, 6.07) is 8.01. The van der Waals surface area contributed by atoms with Crippen molar-refractivity contribution in [2.45, 2.75) is 64.8 Å². The molecule has 0 N–H and O–H groups in total. The summed E-state index contributed by atoms with van der Waals surface area (Å²) in [5.41, 5.74) is 2.08. The molecule has 1 aliphatic carbocycles. The van der Waals surface area contributed by atoms with Crippen molar-refractivity contribution in [1.29, 1.82) is 0 Å². The van der Waals surface area contributed by atoms with Crippen molar-refractivity contribution in [1.82, 2.24) is 19.4 Å². The zero-order valence-electron chi connectivity index (χ0n) is 17.8. The maximum Gasteiger partial charge on any atom is 0.127 e. The number of piperazine rings is 1. The van der Waals surface area contributed by atoms with Crippen LogP contribution in [0.1, 0.15) is 51.4 Å². The molecule has 2 heterocycles. The number of aldehydes is 1. The van der Waals surface area contributed by atoms with E-state index in [4.69, 9.17) is 0 Å². The molecule has 2 aliphatic rings. The van der Waals surface area contributed by atoms with Crippen molar-refractivity contribution >= 4 is 6.29 Å². The molecule has 29 heavy (non-hydrogen) atoms. The van der Waals surface area contributed by atoms with Crippen molar-refractivity contribution in [2.75, 3.05) is 13.1 Å². The molecule has 6 heteroatoms. The topological polar surface area (TPSA) is 41.4 Å². The van der Waals surface area contributed by atoms with Gasteiger partial charge in [0, 0.05) is 49.4 Å². The molecule has 2 aromatic rings. The highest BCUT2D eigenvalue weighted by Gasteiger charge is 2.56. The summed E-state index contributed by atoms with van der Waals surface area (Å²) in [5, 5.41) is 0. The van der Waals surface area contributed by atoms with Gasteiger partial charge in [0.1, 0.15) is 12.1 Å². The van der Waals surface area contributed by atoms with Gasteiger partial charge in [0.2, 0.25) is 0 Å². The molecule has 0 spiro atoms. The number of aromatic nitrogens is 2. The summed E-state index contributed by atoms with van der Waals surface area (Å²) in [6.45, 7) is 11.5. The van der Waals surface area contributed by atoms with Crippen molar-refractivity contribution < 1.29 is 9.18 Å². The summed E-state index contributed by atoms with van der Waals surface area (Å²) in [6.07, 6.45) is 5.92. The van der Waals surface area contributed by atoms with Crippen LogP contribution in [0.4, 0.5) is 4.39 Å². The van der Waals surface area contributed by atoms with Crippen LogP contribution in [-0.4, -0.2) is 56.9 Å². The van der Waals surface area contributed by atoms with Crippen LogP contribution in [0.25, 0.3) is 0 Å². The Morgan fingerprint density at radius 3 is 2.48 bits per heavy atom. The average molecular weight is 399 g/mol. The van der Waals surface area contributed by atoms with Crippen LogP contribution in [0.2, 0.25) is 0 Å². The van der Waals surface area contributed by atoms with Gasteiger partial charge in [0.05, 0.1) is 18.1 Å². The highest BCUT2D eigenvalue weighted by atomic mass is 19.1. The molecule has 1 aliphatic heterocycles. The van der Waals surface area contributed by atoms with Gasteiger partial charge in [-0.2, -0.15) is 0 Å². The second-order valence-electron chi connectivity index (χ2n) is 9.20. The van der Waals surface area contributed by atoms with E-state index in [1.165, 1.54) is 17.8 Å². The summed E-state index contributed by atoms with van der Waals surface area (Å²) in [4.78, 5) is 20.8. The molecule has 156 valence electrons. The van der Waals surface area contributed by atoms with Gasteiger partial charge in [-0.05, 0) is 44.9 Å². The lowest BCUT2D eigenvalue weighted by atomic mass is 10.0. The number of halogens is 1. The van der Waals surface area contributed by atoms with Gasteiger partial charge in [-0.3, -0.25) is 9.80 Å². The van der Waals surface area contributed by atoms with Crippen LogP contribution in [0.5, 0.6) is 0 Å². The molecule has 1 aromatic carbocycles. The minimum Gasteiger partial charge on any atom is -0.326 e.